The Balaban J connectivity index is 0.000000162. The molecule has 2 aliphatic rings. The van der Waals surface area contributed by atoms with Crippen LogP contribution in [0.15, 0.2) is 48.7 Å². The number of para-hydroxylation sites is 1. The van der Waals surface area contributed by atoms with Gasteiger partial charge in [-0.3, -0.25) is 19.3 Å². The SMILES string of the molecule is CC1Cc2c([nH]c3ccccc23)CN1CC(C)(C)F.CF.c1cc2cn[nH]c2cc1CN1CCCC1. The molecular formula is C29H39F2N5. The van der Waals surface area contributed by atoms with Crippen molar-refractivity contribution in [3.05, 3.63) is 65.5 Å². The number of likely N-dealkylation sites (tertiary alicyclic amines) is 1. The van der Waals surface area contributed by atoms with Crippen molar-refractivity contribution < 1.29 is 8.78 Å². The third kappa shape index (κ3) is 6.31. The van der Waals surface area contributed by atoms with Crippen LogP contribution in [-0.4, -0.2) is 63.5 Å². The number of fused-ring (bicyclic) bond motifs is 4. The van der Waals surface area contributed by atoms with Crippen LogP contribution >= 0.6 is 0 Å². The highest BCUT2D eigenvalue weighted by Gasteiger charge is 2.30. The van der Waals surface area contributed by atoms with Crippen molar-refractivity contribution in [1.29, 1.82) is 0 Å². The Morgan fingerprint density at radius 2 is 1.81 bits per heavy atom. The Morgan fingerprint density at radius 3 is 2.56 bits per heavy atom. The quantitative estimate of drug-likeness (QED) is 0.344. The highest BCUT2D eigenvalue weighted by Crippen LogP contribution is 2.31. The molecule has 1 fully saturated rings. The third-order valence-electron chi connectivity index (χ3n) is 7.08. The summed E-state index contributed by atoms with van der Waals surface area (Å²) in [6.07, 6.45) is 5.57. The molecule has 1 unspecified atom stereocenters. The Labute approximate surface area is 212 Å². The van der Waals surface area contributed by atoms with Crippen LogP contribution in [-0.2, 0) is 19.5 Å². The van der Waals surface area contributed by atoms with Crippen LogP contribution in [0.25, 0.3) is 21.8 Å². The van der Waals surface area contributed by atoms with Crippen molar-refractivity contribution in [2.45, 2.75) is 64.8 Å². The number of hydrogen-bond acceptors (Lipinski definition) is 3. The van der Waals surface area contributed by atoms with Crippen LogP contribution in [0, 0.1) is 0 Å². The number of rotatable bonds is 4. The molecule has 0 amide bonds. The second kappa shape index (κ2) is 11.5. The van der Waals surface area contributed by atoms with Crippen molar-refractivity contribution in [3.8, 4) is 0 Å². The molecule has 0 bridgehead atoms. The minimum atomic E-state index is -1.14. The predicted molar refractivity (Wildman–Crippen MR) is 145 cm³/mol. The maximum Gasteiger partial charge on any atom is 0.118 e. The van der Waals surface area contributed by atoms with Crippen molar-refractivity contribution >= 4 is 21.8 Å². The number of alkyl halides is 2. The van der Waals surface area contributed by atoms with Crippen LogP contribution in [0.5, 0.6) is 0 Å². The second-order valence-electron chi connectivity index (χ2n) is 10.6. The predicted octanol–water partition coefficient (Wildman–Crippen LogP) is 6.41. The lowest BCUT2D eigenvalue weighted by Crippen LogP contribution is -2.44. The fraction of sp³-hybridized carbons (Fsp3) is 0.483. The van der Waals surface area contributed by atoms with E-state index in [2.05, 4.69) is 74.4 Å². The van der Waals surface area contributed by atoms with Gasteiger partial charge >= 0.3 is 0 Å². The Bertz CT molecular complexity index is 1250. The fourth-order valence-electron chi connectivity index (χ4n) is 5.38. The first-order chi connectivity index (χ1) is 17.4. The summed E-state index contributed by atoms with van der Waals surface area (Å²) in [6, 6.07) is 15.4. The Hall–Kier alpha value is -2.77. The smallest absolute Gasteiger partial charge is 0.118 e. The van der Waals surface area contributed by atoms with Gasteiger partial charge in [-0.25, -0.2) is 4.39 Å². The molecule has 0 saturated carbocycles. The van der Waals surface area contributed by atoms with E-state index in [9.17, 15) is 8.78 Å². The molecule has 2 aromatic heterocycles. The lowest BCUT2D eigenvalue weighted by molar-refractivity contribution is 0.0853. The Morgan fingerprint density at radius 1 is 1.06 bits per heavy atom. The van der Waals surface area contributed by atoms with Gasteiger partial charge in [0.1, 0.15) is 5.67 Å². The second-order valence-corrected chi connectivity index (χ2v) is 10.6. The molecule has 7 heteroatoms. The van der Waals surface area contributed by atoms with Gasteiger partial charge in [-0.2, -0.15) is 5.10 Å². The molecule has 5 nitrogen and oxygen atoms in total. The number of aromatic amines is 2. The monoisotopic (exact) mass is 495 g/mol. The van der Waals surface area contributed by atoms with Gasteiger partial charge < -0.3 is 4.98 Å². The summed E-state index contributed by atoms with van der Waals surface area (Å²) in [5, 5.41) is 9.57. The van der Waals surface area contributed by atoms with Crippen molar-refractivity contribution in [2.24, 2.45) is 0 Å². The number of halogens is 2. The molecule has 194 valence electrons. The van der Waals surface area contributed by atoms with Crippen LogP contribution in [0.1, 0.15) is 50.4 Å². The van der Waals surface area contributed by atoms with Crippen molar-refractivity contribution in [1.82, 2.24) is 25.0 Å². The first kappa shape index (κ1) is 26.3. The minimum Gasteiger partial charge on any atom is -0.357 e. The van der Waals surface area contributed by atoms with E-state index >= 15 is 0 Å². The molecule has 6 rings (SSSR count). The summed E-state index contributed by atoms with van der Waals surface area (Å²) < 4.78 is 23.4. The molecule has 4 aromatic rings. The molecule has 2 aliphatic heterocycles. The highest BCUT2D eigenvalue weighted by atomic mass is 19.1. The van der Waals surface area contributed by atoms with Gasteiger partial charge in [0.15, 0.2) is 0 Å². The maximum absolute atomic E-state index is 13.9. The summed E-state index contributed by atoms with van der Waals surface area (Å²) in [6.45, 7) is 10.4. The Kier molecular flexibility index (Phi) is 8.42. The van der Waals surface area contributed by atoms with E-state index in [4.69, 9.17) is 0 Å². The first-order valence-corrected chi connectivity index (χ1v) is 12.9. The molecule has 4 heterocycles. The molecular weight excluding hydrogens is 456 g/mol. The largest absolute Gasteiger partial charge is 0.357 e. The van der Waals surface area contributed by atoms with Gasteiger partial charge in [0.2, 0.25) is 0 Å². The average Bonchev–Trinajstić information content (AvgIpc) is 3.60. The zero-order valence-corrected chi connectivity index (χ0v) is 22.0. The molecule has 0 spiro atoms. The van der Waals surface area contributed by atoms with Gasteiger partial charge in [0, 0.05) is 47.7 Å². The van der Waals surface area contributed by atoms with E-state index in [0.717, 1.165) is 25.0 Å². The van der Waals surface area contributed by atoms with Crippen molar-refractivity contribution in [2.75, 3.05) is 26.8 Å². The number of nitrogens with zero attached hydrogens (tertiary/aromatic N) is 3. The standard InChI is InChI=1S/C16H21FN2.C12H15N3.CH3F/c1-11-8-13-12-6-4-5-7-14(12)18-15(13)9-19(11)10-16(2,3)17;1-2-6-15(5-1)9-10-3-4-11-8-13-14-12(11)7-10;1-2/h4-7,11,18H,8-10H2,1-3H3;3-4,7-8H,1-2,5-6,9H2,(H,13,14);1H3. The van der Waals surface area contributed by atoms with E-state index < -0.39 is 5.67 Å². The lowest BCUT2D eigenvalue weighted by atomic mass is 9.96. The van der Waals surface area contributed by atoms with E-state index in [1.54, 1.807) is 13.8 Å². The van der Waals surface area contributed by atoms with E-state index in [-0.39, 0.29) is 0 Å². The molecule has 1 atom stereocenters. The summed E-state index contributed by atoms with van der Waals surface area (Å²) >= 11 is 0. The molecule has 2 N–H and O–H groups in total. The van der Waals surface area contributed by atoms with Gasteiger partial charge in [-0.1, -0.05) is 30.3 Å². The van der Waals surface area contributed by atoms with E-state index in [0.29, 0.717) is 19.8 Å². The zero-order valence-electron chi connectivity index (χ0n) is 22.0. The topological polar surface area (TPSA) is 51.0 Å². The first-order valence-electron chi connectivity index (χ1n) is 12.9. The van der Waals surface area contributed by atoms with Gasteiger partial charge in [-0.15, -0.1) is 0 Å². The van der Waals surface area contributed by atoms with Gasteiger partial charge in [0.25, 0.3) is 0 Å². The normalized spacial score (nSPS) is 18.4. The number of hydrogen-bond donors (Lipinski definition) is 2. The van der Waals surface area contributed by atoms with Gasteiger partial charge in [0.05, 0.1) is 18.9 Å². The maximum atomic E-state index is 13.9. The summed E-state index contributed by atoms with van der Waals surface area (Å²) in [5.74, 6) is 0. The van der Waals surface area contributed by atoms with Crippen molar-refractivity contribution in [3.63, 3.8) is 0 Å². The van der Waals surface area contributed by atoms with E-state index in [1.165, 1.54) is 59.0 Å². The third-order valence-corrected chi connectivity index (χ3v) is 7.08. The molecule has 0 radical (unpaired) electrons. The van der Waals surface area contributed by atoms with Crippen LogP contribution in [0.3, 0.4) is 0 Å². The molecule has 2 aromatic carbocycles. The van der Waals surface area contributed by atoms with Crippen LogP contribution < -0.4 is 0 Å². The highest BCUT2D eigenvalue weighted by molar-refractivity contribution is 5.85. The van der Waals surface area contributed by atoms with Gasteiger partial charge in [-0.05, 0) is 76.4 Å². The zero-order chi connectivity index (χ0) is 25.7. The van der Waals surface area contributed by atoms with Crippen LogP contribution in [0.2, 0.25) is 0 Å². The number of nitrogens with one attached hydrogen (secondary N) is 2. The molecule has 0 aliphatic carbocycles. The minimum absolute atomic E-state index is 0.390. The summed E-state index contributed by atoms with van der Waals surface area (Å²) in [5.41, 5.74) is 5.25. The fourth-order valence-corrected chi connectivity index (χ4v) is 5.38. The van der Waals surface area contributed by atoms with E-state index in [1.807, 2.05) is 6.20 Å². The number of benzene rings is 2. The molecule has 1 saturated heterocycles. The number of aromatic nitrogens is 3. The average molecular weight is 496 g/mol. The molecule has 36 heavy (non-hydrogen) atoms. The summed E-state index contributed by atoms with van der Waals surface area (Å²) in [4.78, 5) is 8.23. The van der Waals surface area contributed by atoms with Crippen LogP contribution in [0.4, 0.5) is 8.78 Å². The number of H-pyrrole nitrogens is 2. The summed E-state index contributed by atoms with van der Waals surface area (Å²) in [7, 11) is 0.500. The lowest BCUT2D eigenvalue weighted by Gasteiger charge is -2.36.